The Balaban J connectivity index is 1.42. The van der Waals surface area contributed by atoms with Crippen molar-refractivity contribution in [2.24, 2.45) is 0 Å². The number of benzene rings is 1. The summed E-state index contributed by atoms with van der Waals surface area (Å²) >= 11 is 1.82. The molecule has 2 aliphatic heterocycles. The fraction of sp³-hybridized carbons (Fsp3) is 0.538. The normalized spacial score (nSPS) is 20.1. The summed E-state index contributed by atoms with van der Waals surface area (Å²) in [5, 5.41) is 2.17. The number of unbranched alkanes of at least 4 members (excludes halogenated alkanes) is 2. The maximum atomic E-state index is 13.5. The zero-order chi connectivity index (χ0) is 22.5. The van der Waals surface area contributed by atoms with Crippen molar-refractivity contribution in [2.75, 3.05) is 32.7 Å². The number of fused-ring (bicyclic) bond motifs is 1. The van der Waals surface area contributed by atoms with E-state index in [1.807, 2.05) is 27.2 Å². The van der Waals surface area contributed by atoms with Gasteiger partial charge in [-0.2, -0.15) is 0 Å². The van der Waals surface area contributed by atoms with Crippen LogP contribution in [0.1, 0.15) is 61.6 Å². The minimum atomic E-state index is -0.194. The fourth-order valence-electron chi connectivity index (χ4n) is 5.03. The zero-order valence-electron chi connectivity index (χ0n) is 19.3. The summed E-state index contributed by atoms with van der Waals surface area (Å²) in [6.07, 6.45) is 4.82. The molecule has 0 aliphatic carbocycles. The summed E-state index contributed by atoms with van der Waals surface area (Å²) in [5.74, 6) is 0.423. The Kier molecular flexibility index (Phi) is 7.63. The second-order valence-corrected chi connectivity index (χ2v) is 9.94. The van der Waals surface area contributed by atoms with Gasteiger partial charge in [0.2, 0.25) is 11.8 Å². The Hall–Kier alpha value is -2.18. The number of nitrogens with zero attached hydrogens (tertiary/aromatic N) is 3. The molecule has 2 unspecified atom stereocenters. The molecule has 2 aromatic rings. The molecule has 6 heteroatoms. The van der Waals surface area contributed by atoms with Gasteiger partial charge in [-0.1, -0.05) is 50.1 Å². The fourth-order valence-corrected chi connectivity index (χ4v) is 5.93. The number of rotatable bonds is 7. The largest absolute Gasteiger partial charge is 0.339 e. The van der Waals surface area contributed by atoms with E-state index in [1.54, 1.807) is 0 Å². The van der Waals surface area contributed by atoms with Gasteiger partial charge in [-0.25, -0.2) is 0 Å². The van der Waals surface area contributed by atoms with Crippen molar-refractivity contribution in [1.29, 1.82) is 0 Å². The third-order valence-corrected chi connectivity index (χ3v) is 7.91. The number of amides is 2. The summed E-state index contributed by atoms with van der Waals surface area (Å²) in [5.41, 5.74) is 2.59. The molecule has 0 spiro atoms. The van der Waals surface area contributed by atoms with E-state index < -0.39 is 0 Å². The maximum absolute atomic E-state index is 13.5. The molecule has 172 valence electrons. The molecule has 1 fully saturated rings. The molecule has 0 saturated carbocycles. The highest BCUT2D eigenvalue weighted by atomic mass is 32.1. The lowest BCUT2D eigenvalue weighted by molar-refractivity contribution is -0.143. The third kappa shape index (κ3) is 4.91. The van der Waals surface area contributed by atoms with Crippen molar-refractivity contribution in [3.63, 3.8) is 0 Å². The van der Waals surface area contributed by atoms with E-state index >= 15 is 0 Å². The summed E-state index contributed by atoms with van der Waals surface area (Å²) in [6.45, 7) is 7.67. The predicted octanol–water partition coefficient (Wildman–Crippen LogP) is 4.34. The van der Waals surface area contributed by atoms with Crippen LogP contribution in [0, 0.1) is 0 Å². The van der Waals surface area contributed by atoms with Gasteiger partial charge in [-0.05, 0) is 42.3 Å². The van der Waals surface area contributed by atoms with Crippen molar-refractivity contribution < 1.29 is 9.59 Å². The van der Waals surface area contributed by atoms with E-state index in [2.05, 4.69) is 54.5 Å². The van der Waals surface area contributed by atoms with Gasteiger partial charge in [0, 0.05) is 44.0 Å². The van der Waals surface area contributed by atoms with Gasteiger partial charge in [-0.3, -0.25) is 14.5 Å². The van der Waals surface area contributed by atoms with Gasteiger partial charge in [0.1, 0.15) is 0 Å². The van der Waals surface area contributed by atoms with Crippen molar-refractivity contribution in [2.45, 2.75) is 58.0 Å². The molecule has 1 aromatic carbocycles. The van der Waals surface area contributed by atoms with Gasteiger partial charge in [0.05, 0.1) is 12.1 Å². The number of carbonyl (C=O) groups excluding carboxylic acids is 2. The highest BCUT2D eigenvalue weighted by Crippen LogP contribution is 2.39. The van der Waals surface area contributed by atoms with Crippen LogP contribution in [0.15, 0.2) is 41.8 Å². The van der Waals surface area contributed by atoms with Crippen LogP contribution in [0.25, 0.3) is 0 Å². The number of hydrogen-bond donors (Lipinski definition) is 0. The standard InChI is InChI=1S/C26H35N3O2S/c1-3-4-6-11-24(30)27-15-17-28(18-16-27)26(31)20(2)29-14-12-23-22(13-19-32-23)25(29)21-9-7-5-8-10-21/h5,7-10,13,19-20,25H,3-4,6,11-12,14-18H2,1-2H3. The first-order chi connectivity index (χ1) is 15.6. The van der Waals surface area contributed by atoms with Crippen LogP contribution in [0.2, 0.25) is 0 Å². The molecule has 32 heavy (non-hydrogen) atoms. The predicted molar refractivity (Wildman–Crippen MR) is 130 cm³/mol. The number of carbonyl (C=O) groups is 2. The molecule has 4 rings (SSSR count). The maximum Gasteiger partial charge on any atom is 0.239 e. The number of piperazine rings is 1. The number of thiophene rings is 1. The molecule has 1 saturated heterocycles. The van der Waals surface area contributed by atoms with Gasteiger partial charge >= 0.3 is 0 Å². The second-order valence-electron chi connectivity index (χ2n) is 8.94. The molecule has 2 atom stereocenters. The van der Waals surface area contributed by atoms with E-state index in [0.717, 1.165) is 32.2 Å². The van der Waals surface area contributed by atoms with Crippen molar-refractivity contribution in [1.82, 2.24) is 14.7 Å². The first kappa shape index (κ1) is 23.0. The van der Waals surface area contributed by atoms with E-state index in [4.69, 9.17) is 0 Å². The van der Waals surface area contributed by atoms with Crippen LogP contribution >= 0.6 is 11.3 Å². The van der Waals surface area contributed by atoms with Gasteiger partial charge in [0.25, 0.3) is 0 Å². The van der Waals surface area contributed by atoms with Crippen LogP contribution in [0.3, 0.4) is 0 Å². The topological polar surface area (TPSA) is 43.9 Å². The first-order valence-corrected chi connectivity index (χ1v) is 12.9. The summed E-state index contributed by atoms with van der Waals surface area (Å²) in [4.78, 5) is 33.6. The lowest BCUT2D eigenvalue weighted by atomic mass is 9.92. The highest BCUT2D eigenvalue weighted by molar-refractivity contribution is 7.10. The smallest absolute Gasteiger partial charge is 0.239 e. The lowest BCUT2D eigenvalue weighted by Crippen LogP contribution is -2.56. The van der Waals surface area contributed by atoms with E-state index in [1.165, 1.54) is 16.0 Å². The zero-order valence-corrected chi connectivity index (χ0v) is 20.2. The van der Waals surface area contributed by atoms with Crippen LogP contribution in [-0.2, 0) is 16.0 Å². The molecular formula is C26H35N3O2S. The van der Waals surface area contributed by atoms with Gasteiger partial charge in [0.15, 0.2) is 0 Å². The molecular weight excluding hydrogens is 418 g/mol. The highest BCUT2D eigenvalue weighted by Gasteiger charge is 2.37. The monoisotopic (exact) mass is 453 g/mol. The minimum absolute atomic E-state index is 0.117. The summed E-state index contributed by atoms with van der Waals surface area (Å²) in [6, 6.07) is 12.7. The Morgan fingerprint density at radius 2 is 1.72 bits per heavy atom. The quantitative estimate of drug-likeness (QED) is 0.586. The van der Waals surface area contributed by atoms with Gasteiger partial charge in [-0.15, -0.1) is 11.3 Å². The van der Waals surface area contributed by atoms with E-state index in [9.17, 15) is 9.59 Å². The van der Waals surface area contributed by atoms with Crippen LogP contribution in [0.4, 0.5) is 0 Å². The van der Waals surface area contributed by atoms with Crippen molar-refractivity contribution in [3.05, 3.63) is 57.8 Å². The lowest BCUT2D eigenvalue weighted by Gasteiger charge is -2.42. The molecule has 0 radical (unpaired) electrons. The van der Waals surface area contributed by atoms with Crippen LogP contribution < -0.4 is 0 Å². The molecule has 2 amide bonds. The minimum Gasteiger partial charge on any atom is -0.339 e. The van der Waals surface area contributed by atoms with E-state index in [0.29, 0.717) is 32.6 Å². The average molecular weight is 454 g/mol. The Morgan fingerprint density at radius 1 is 1.00 bits per heavy atom. The molecule has 1 aromatic heterocycles. The Labute approximate surface area is 196 Å². The Morgan fingerprint density at radius 3 is 2.44 bits per heavy atom. The molecule has 0 bridgehead atoms. The van der Waals surface area contributed by atoms with Crippen molar-refractivity contribution in [3.8, 4) is 0 Å². The summed E-state index contributed by atoms with van der Waals surface area (Å²) in [7, 11) is 0. The van der Waals surface area contributed by atoms with E-state index in [-0.39, 0.29) is 23.9 Å². The summed E-state index contributed by atoms with van der Waals surface area (Å²) < 4.78 is 0. The first-order valence-electron chi connectivity index (χ1n) is 12.0. The molecule has 0 N–H and O–H groups in total. The molecule has 5 nitrogen and oxygen atoms in total. The third-order valence-electron chi connectivity index (χ3n) is 6.91. The van der Waals surface area contributed by atoms with Crippen LogP contribution in [-0.4, -0.2) is 65.3 Å². The van der Waals surface area contributed by atoms with Crippen LogP contribution in [0.5, 0.6) is 0 Å². The molecule has 3 heterocycles. The number of hydrogen-bond acceptors (Lipinski definition) is 4. The SMILES string of the molecule is CCCCCC(=O)N1CCN(C(=O)C(C)N2CCc3sccc3C2c2ccccc2)CC1. The average Bonchev–Trinajstić information content (AvgIpc) is 3.32. The Bertz CT molecular complexity index is 905. The molecule has 2 aliphatic rings. The van der Waals surface area contributed by atoms with Gasteiger partial charge < -0.3 is 9.80 Å². The van der Waals surface area contributed by atoms with Crippen molar-refractivity contribution >= 4 is 23.2 Å². The second kappa shape index (κ2) is 10.6.